The summed E-state index contributed by atoms with van der Waals surface area (Å²) in [5.41, 5.74) is 0. The van der Waals surface area contributed by atoms with E-state index in [1.54, 1.807) is 0 Å². The van der Waals surface area contributed by atoms with E-state index < -0.39 is 0 Å². The smallest absolute Gasteiger partial charge is 0.224 e. The quantitative estimate of drug-likeness (QED) is 0.482. The van der Waals surface area contributed by atoms with Crippen LogP contribution in [0.2, 0.25) is 0 Å². The molecule has 1 amide bonds. The molecule has 0 aliphatic carbocycles. The number of hydrogen-bond donors (Lipinski definition) is 1. The molecular weight excluding hydrogens is 128 g/mol. The van der Waals surface area contributed by atoms with E-state index in [1.165, 1.54) is 0 Å². The van der Waals surface area contributed by atoms with Crippen molar-refractivity contribution in [3.05, 3.63) is 0 Å². The summed E-state index contributed by atoms with van der Waals surface area (Å²) in [6.07, 6.45) is 0. The maximum atomic E-state index is 11.1. The summed E-state index contributed by atoms with van der Waals surface area (Å²) >= 11 is 0. The molecule has 0 aromatic heterocycles. The Labute approximate surface area is 60.4 Å². The molecule has 0 saturated carbocycles. The second kappa shape index (κ2) is 1.95. The van der Waals surface area contributed by atoms with E-state index in [0.717, 1.165) is 19.6 Å². The van der Waals surface area contributed by atoms with E-state index in [9.17, 15) is 4.79 Å². The lowest BCUT2D eigenvalue weighted by Gasteiger charge is -2.07. The van der Waals surface area contributed by atoms with Gasteiger partial charge in [0, 0.05) is 25.6 Å². The first-order chi connectivity index (χ1) is 4.77. The van der Waals surface area contributed by atoms with Gasteiger partial charge in [0.15, 0.2) is 0 Å². The molecule has 0 spiro atoms. The number of likely N-dealkylation sites (tertiary alicyclic amines) is 1. The second-order valence-electron chi connectivity index (χ2n) is 3.33. The van der Waals surface area contributed by atoms with Gasteiger partial charge < -0.3 is 10.2 Å². The Morgan fingerprint density at radius 1 is 1.60 bits per heavy atom. The number of amides is 1. The van der Waals surface area contributed by atoms with Gasteiger partial charge in [0.25, 0.3) is 0 Å². The topological polar surface area (TPSA) is 32.3 Å². The van der Waals surface area contributed by atoms with Crippen LogP contribution in [0.5, 0.6) is 0 Å². The predicted octanol–water partition coefficient (Wildman–Crippen LogP) is -0.706. The third-order valence-electron chi connectivity index (χ3n) is 2.50. The van der Waals surface area contributed by atoms with E-state index in [1.807, 2.05) is 0 Å². The first-order valence-electron chi connectivity index (χ1n) is 3.73. The van der Waals surface area contributed by atoms with Gasteiger partial charge in [-0.1, -0.05) is 0 Å². The Balaban J connectivity index is 2.12. The van der Waals surface area contributed by atoms with Crippen LogP contribution >= 0.6 is 0 Å². The minimum absolute atomic E-state index is 0.259. The van der Waals surface area contributed by atoms with Crippen LogP contribution in [0.25, 0.3) is 0 Å². The van der Waals surface area contributed by atoms with Crippen LogP contribution in [0.15, 0.2) is 0 Å². The number of fused-ring (bicyclic) bond motifs is 1. The molecule has 2 rings (SSSR count). The van der Waals surface area contributed by atoms with E-state index in [4.69, 9.17) is 0 Å². The lowest BCUT2D eigenvalue weighted by Crippen LogP contribution is -2.26. The number of nitrogens with zero attached hydrogens (tertiary/aromatic N) is 1. The van der Waals surface area contributed by atoms with Crippen molar-refractivity contribution in [2.45, 2.75) is 0 Å². The van der Waals surface area contributed by atoms with Crippen molar-refractivity contribution in [3.63, 3.8) is 0 Å². The minimum Gasteiger partial charge on any atom is -0.355 e. The highest BCUT2D eigenvalue weighted by Crippen LogP contribution is 2.25. The Hall–Kier alpha value is -0.570. The van der Waals surface area contributed by atoms with Crippen molar-refractivity contribution in [1.29, 1.82) is 0 Å². The van der Waals surface area contributed by atoms with Crippen LogP contribution in [-0.4, -0.2) is 37.5 Å². The maximum absolute atomic E-state index is 11.1. The van der Waals surface area contributed by atoms with Crippen molar-refractivity contribution >= 4 is 5.91 Å². The monoisotopic (exact) mass is 140 g/mol. The first kappa shape index (κ1) is 6.16. The zero-order valence-corrected chi connectivity index (χ0v) is 6.13. The second-order valence-corrected chi connectivity index (χ2v) is 3.33. The molecule has 3 nitrogen and oxygen atoms in total. The zero-order valence-electron chi connectivity index (χ0n) is 6.13. The van der Waals surface area contributed by atoms with Crippen LogP contribution < -0.4 is 5.32 Å². The largest absolute Gasteiger partial charge is 0.355 e. The molecule has 2 aliphatic rings. The van der Waals surface area contributed by atoms with Gasteiger partial charge in [0.2, 0.25) is 5.91 Å². The molecule has 10 heavy (non-hydrogen) atoms. The molecule has 2 aliphatic heterocycles. The van der Waals surface area contributed by atoms with Gasteiger partial charge in [-0.25, -0.2) is 0 Å². The van der Waals surface area contributed by atoms with Crippen molar-refractivity contribution in [3.8, 4) is 0 Å². The molecule has 1 N–H and O–H groups in total. The zero-order chi connectivity index (χ0) is 7.14. The predicted molar refractivity (Wildman–Crippen MR) is 37.5 cm³/mol. The molecule has 2 atom stereocenters. The lowest BCUT2D eigenvalue weighted by atomic mass is 10.0. The summed E-state index contributed by atoms with van der Waals surface area (Å²) in [6.45, 7) is 2.94. The number of nitrogens with one attached hydrogen (secondary N) is 1. The van der Waals surface area contributed by atoms with Gasteiger partial charge in [-0.3, -0.25) is 4.79 Å². The number of carbonyl (C=O) groups is 1. The number of carbonyl (C=O) groups excluding carboxylic acids is 1. The van der Waals surface area contributed by atoms with Crippen LogP contribution in [0.3, 0.4) is 0 Å². The Kier molecular flexibility index (Phi) is 1.20. The highest BCUT2D eigenvalue weighted by Gasteiger charge is 2.40. The molecule has 0 aromatic rings. The van der Waals surface area contributed by atoms with E-state index in [0.29, 0.717) is 11.8 Å². The first-order valence-corrected chi connectivity index (χ1v) is 3.73. The van der Waals surface area contributed by atoms with Crippen molar-refractivity contribution in [2.75, 3.05) is 26.7 Å². The number of rotatable bonds is 0. The third-order valence-corrected chi connectivity index (χ3v) is 2.50. The van der Waals surface area contributed by atoms with E-state index in [-0.39, 0.29) is 5.91 Å². The highest BCUT2D eigenvalue weighted by atomic mass is 16.2. The van der Waals surface area contributed by atoms with Gasteiger partial charge in [-0.05, 0) is 7.05 Å². The normalized spacial score (nSPS) is 39.9. The van der Waals surface area contributed by atoms with Crippen LogP contribution in [-0.2, 0) is 4.79 Å². The highest BCUT2D eigenvalue weighted by molar-refractivity contribution is 5.81. The fourth-order valence-electron chi connectivity index (χ4n) is 1.95. The average molecular weight is 140 g/mol. The van der Waals surface area contributed by atoms with Crippen molar-refractivity contribution < 1.29 is 4.79 Å². The Bertz CT molecular complexity index is 169. The summed E-state index contributed by atoms with van der Waals surface area (Å²) in [6, 6.07) is 0. The standard InChI is InChI=1S/C7H12N2O/c1-9-3-5-2-8-7(10)6(5)4-9/h5-6H,2-4H2,1H3,(H,8,10)/t5-,6+/m0/s1. The summed E-state index contributed by atoms with van der Waals surface area (Å²) in [7, 11) is 2.08. The lowest BCUT2D eigenvalue weighted by molar-refractivity contribution is -0.122. The molecule has 0 unspecified atom stereocenters. The average Bonchev–Trinajstić information content (AvgIpc) is 2.35. The van der Waals surface area contributed by atoms with Crippen LogP contribution in [0.4, 0.5) is 0 Å². The molecule has 56 valence electrons. The summed E-state index contributed by atoms with van der Waals surface area (Å²) < 4.78 is 0. The fraction of sp³-hybridized carbons (Fsp3) is 0.857. The van der Waals surface area contributed by atoms with Crippen molar-refractivity contribution in [2.24, 2.45) is 11.8 Å². The molecule has 2 fully saturated rings. The molecule has 2 saturated heterocycles. The van der Waals surface area contributed by atoms with E-state index >= 15 is 0 Å². The maximum Gasteiger partial charge on any atom is 0.224 e. The third kappa shape index (κ3) is 0.736. The van der Waals surface area contributed by atoms with Crippen LogP contribution in [0, 0.1) is 11.8 Å². The van der Waals surface area contributed by atoms with Gasteiger partial charge in [0.1, 0.15) is 0 Å². The minimum atomic E-state index is 0.259. The van der Waals surface area contributed by atoms with E-state index in [2.05, 4.69) is 17.3 Å². The summed E-state index contributed by atoms with van der Waals surface area (Å²) in [4.78, 5) is 13.3. The summed E-state index contributed by atoms with van der Waals surface area (Å²) in [5.74, 6) is 1.15. The fourth-order valence-corrected chi connectivity index (χ4v) is 1.95. The summed E-state index contributed by atoms with van der Waals surface area (Å²) in [5, 5.41) is 2.88. The molecule has 0 bridgehead atoms. The molecule has 2 heterocycles. The van der Waals surface area contributed by atoms with Gasteiger partial charge >= 0.3 is 0 Å². The molecular formula is C7H12N2O. The van der Waals surface area contributed by atoms with Gasteiger partial charge in [-0.15, -0.1) is 0 Å². The van der Waals surface area contributed by atoms with Gasteiger partial charge in [0.05, 0.1) is 5.92 Å². The van der Waals surface area contributed by atoms with Gasteiger partial charge in [-0.2, -0.15) is 0 Å². The Morgan fingerprint density at radius 2 is 2.40 bits per heavy atom. The van der Waals surface area contributed by atoms with Crippen LogP contribution in [0.1, 0.15) is 0 Å². The molecule has 0 aromatic carbocycles. The molecule has 0 radical (unpaired) electrons. The Morgan fingerprint density at radius 3 is 3.10 bits per heavy atom. The molecule has 3 heteroatoms. The van der Waals surface area contributed by atoms with Crippen molar-refractivity contribution in [1.82, 2.24) is 10.2 Å². The number of hydrogen-bond acceptors (Lipinski definition) is 2. The SMILES string of the molecule is CN1C[C@@H]2CNC(=O)[C@@H]2C1.